The van der Waals surface area contributed by atoms with Gasteiger partial charge in [-0.1, -0.05) is 146 Å². The maximum absolute atomic E-state index is 6.00. The van der Waals surface area contributed by atoms with Gasteiger partial charge in [-0.2, -0.15) is 0 Å². The Morgan fingerprint density at radius 1 is 0.409 bits per heavy atom. The van der Waals surface area contributed by atoms with Gasteiger partial charge in [0.1, 0.15) is 11.5 Å². The Morgan fingerprint density at radius 3 is 1.14 bits per heavy atom. The molecular formula is C42H70O2. The van der Waals surface area contributed by atoms with Crippen molar-refractivity contribution in [3.05, 3.63) is 72.9 Å². The number of allylic oxidation sites excluding steroid dienone is 8. The number of unbranched alkanes of at least 4 members (excludes halogenated alkanes) is 18. The number of rotatable bonds is 32. The largest absolute Gasteiger partial charge is 0.493 e. The second-order valence-corrected chi connectivity index (χ2v) is 12.3. The van der Waals surface area contributed by atoms with E-state index in [0.29, 0.717) is 0 Å². The van der Waals surface area contributed by atoms with Crippen molar-refractivity contribution in [3.63, 3.8) is 0 Å². The third kappa shape index (κ3) is 28.5. The van der Waals surface area contributed by atoms with Crippen LogP contribution in [0.3, 0.4) is 0 Å². The molecule has 1 aromatic carbocycles. The summed E-state index contributed by atoms with van der Waals surface area (Å²) < 4.78 is 12.0. The molecule has 0 amide bonds. The van der Waals surface area contributed by atoms with Crippen LogP contribution >= 0.6 is 0 Å². The van der Waals surface area contributed by atoms with Gasteiger partial charge in [-0.3, -0.25) is 0 Å². The van der Waals surface area contributed by atoms with Crippen molar-refractivity contribution in [1.29, 1.82) is 0 Å². The Labute approximate surface area is 274 Å². The van der Waals surface area contributed by atoms with E-state index in [2.05, 4.69) is 62.5 Å². The molecule has 0 aliphatic rings. The van der Waals surface area contributed by atoms with Gasteiger partial charge in [0.2, 0.25) is 0 Å². The highest BCUT2D eigenvalue weighted by atomic mass is 16.5. The Bertz CT molecular complexity index is 769. The zero-order valence-electron chi connectivity index (χ0n) is 29.1. The Hall–Kier alpha value is -2.22. The monoisotopic (exact) mass is 607 g/mol. The number of ether oxygens (including phenoxy) is 2. The molecule has 0 saturated heterocycles. The maximum Gasteiger partial charge on any atom is 0.122 e. The molecule has 0 atom stereocenters. The van der Waals surface area contributed by atoms with E-state index < -0.39 is 0 Å². The predicted molar refractivity (Wildman–Crippen MR) is 196 cm³/mol. The second-order valence-electron chi connectivity index (χ2n) is 12.3. The van der Waals surface area contributed by atoms with Crippen molar-refractivity contribution in [2.24, 2.45) is 0 Å². The van der Waals surface area contributed by atoms with E-state index in [1.165, 1.54) is 128 Å². The number of benzene rings is 1. The molecule has 2 nitrogen and oxygen atoms in total. The highest BCUT2D eigenvalue weighted by Crippen LogP contribution is 2.20. The van der Waals surface area contributed by atoms with Gasteiger partial charge in [-0.05, 0) is 89.2 Å². The molecule has 0 aromatic heterocycles. The van der Waals surface area contributed by atoms with E-state index in [1.54, 1.807) is 0 Å². The van der Waals surface area contributed by atoms with Crippen molar-refractivity contribution >= 4 is 0 Å². The molecule has 2 heteroatoms. The Kier molecular flexibility index (Phi) is 30.5. The summed E-state index contributed by atoms with van der Waals surface area (Å²) in [6.07, 6.45) is 49.2. The fourth-order valence-corrected chi connectivity index (χ4v) is 5.21. The van der Waals surface area contributed by atoms with Gasteiger partial charge < -0.3 is 9.47 Å². The highest BCUT2D eigenvalue weighted by molar-refractivity contribution is 5.32. The average molecular weight is 607 g/mol. The van der Waals surface area contributed by atoms with E-state index in [-0.39, 0.29) is 0 Å². The molecule has 0 heterocycles. The summed E-state index contributed by atoms with van der Waals surface area (Å²) in [7, 11) is 0. The SMILES string of the molecule is CCCCC/C=C\C/C=C\CCCCCCCCOc1cccc(OCCCCCCCC/C=C\C/C=C\CCCCC)c1. The molecule has 0 spiro atoms. The van der Waals surface area contributed by atoms with Crippen LogP contribution in [0.1, 0.15) is 168 Å². The third-order valence-corrected chi connectivity index (χ3v) is 8.03. The summed E-state index contributed by atoms with van der Waals surface area (Å²) in [6.45, 7) is 6.12. The molecule has 0 saturated carbocycles. The first-order valence-corrected chi connectivity index (χ1v) is 18.8. The summed E-state index contributed by atoms with van der Waals surface area (Å²) >= 11 is 0. The first-order chi connectivity index (χ1) is 21.9. The zero-order valence-corrected chi connectivity index (χ0v) is 29.1. The average Bonchev–Trinajstić information content (AvgIpc) is 3.04. The van der Waals surface area contributed by atoms with Crippen molar-refractivity contribution in [2.75, 3.05) is 13.2 Å². The molecule has 0 aliphatic carbocycles. The van der Waals surface area contributed by atoms with Crippen molar-refractivity contribution in [3.8, 4) is 11.5 Å². The lowest BCUT2D eigenvalue weighted by molar-refractivity contribution is 0.289. The van der Waals surface area contributed by atoms with E-state index in [9.17, 15) is 0 Å². The predicted octanol–water partition coefficient (Wildman–Crippen LogP) is 14.1. The standard InChI is InChI=1S/C42H70O2/c1-3-5-7-9-11-13-15-17-19-21-23-25-27-29-31-33-38-43-41-36-35-37-42(40-41)44-39-34-32-30-28-26-24-22-20-18-16-14-12-10-8-6-4-2/h11-14,17-20,35-37,40H,3-10,15-16,21-34,38-39H2,1-2H3/b13-11-,14-12-,19-17-,20-18-. The number of hydrogen-bond donors (Lipinski definition) is 0. The molecule has 250 valence electrons. The van der Waals surface area contributed by atoms with Crippen LogP contribution in [-0.2, 0) is 0 Å². The molecule has 0 aliphatic heterocycles. The minimum atomic E-state index is 0.796. The van der Waals surface area contributed by atoms with Crippen LogP contribution < -0.4 is 9.47 Å². The lowest BCUT2D eigenvalue weighted by atomic mass is 10.1. The van der Waals surface area contributed by atoms with Crippen molar-refractivity contribution in [1.82, 2.24) is 0 Å². The molecule has 0 N–H and O–H groups in total. The second kappa shape index (κ2) is 33.7. The molecule has 1 rings (SSSR count). The third-order valence-electron chi connectivity index (χ3n) is 8.03. The smallest absolute Gasteiger partial charge is 0.122 e. The zero-order chi connectivity index (χ0) is 31.4. The van der Waals surface area contributed by atoms with Crippen LogP contribution in [0.15, 0.2) is 72.9 Å². The van der Waals surface area contributed by atoms with E-state index in [4.69, 9.17) is 9.47 Å². The van der Waals surface area contributed by atoms with E-state index in [0.717, 1.165) is 50.4 Å². The fraction of sp³-hybridized carbons (Fsp3) is 0.667. The first kappa shape index (κ1) is 39.8. The van der Waals surface area contributed by atoms with Gasteiger partial charge in [0.25, 0.3) is 0 Å². The van der Waals surface area contributed by atoms with Gasteiger partial charge in [-0.15, -0.1) is 0 Å². The highest BCUT2D eigenvalue weighted by Gasteiger charge is 1.99. The maximum atomic E-state index is 6.00. The topological polar surface area (TPSA) is 18.5 Å². The van der Waals surface area contributed by atoms with Crippen LogP contribution in [-0.4, -0.2) is 13.2 Å². The molecule has 0 unspecified atom stereocenters. The lowest BCUT2D eigenvalue weighted by Gasteiger charge is -2.10. The van der Waals surface area contributed by atoms with Gasteiger partial charge in [-0.25, -0.2) is 0 Å². The van der Waals surface area contributed by atoms with Crippen LogP contribution in [0.4, 0.5) is 0 Å². The van der Waals surface area contributed by atoms with Gasteiger partial charge >= 0.3 is 0 Å². The number of hydrogen-bond acceptors (Lipinski definition) is 2. The van der Waals surface area contributed by atoms with E-state index in [1.807, 2.05) is 24.3 Å². The van der Waals surface area contributed by atoms with Crippen LogP contribution in [0.25, 0.3) is 0 Å². The summed E-state index contributed by atoms with van der Waals surface area (Å²) in [5.41, 5.74) is 0. The Balaban J connectivity index is 1.90. The molecule has 1 aromatic rings. The molecule has 0 fully saturated rings. The summed E-state index contributed by atoms with van der Waals surface area (Å²) in [6, 6.07) is 8.18. The van der Waals surface area contributed by atoms with E-state index >= 15 is 0 Å². The van der Waals surface area contributed by atoms with Gasteiger partial charge in [0, 0.05) is 6.07 Å². The summed E-state index contributed by atoms with van der Waals surface area (Å²) in [4.78, 5) is 0. The van der Waals surface area contributed by atoms with Crippen LogP contribution in [0, 0.1) is 0 Å². The van der Waals surface area contributed by atoms with Crippen LogP contribution in [0.2, 0.25) is 0 Å². The minimum Gasteiger partial charge on any atom is -0.493 e. The van der Waals surface area contributed by atoms with Crippen LogP contribution in [0.5, 0.6) is 11.5 Å². The quantitative estimate of drug-likeness (QED) is 0.0600. The lowest BCUT2D eigenvalue weighted by Crippen LogP contribution is -2.00. The summed E-state index contributed by atoms with van der Waals surface area (Å²) in [5.74, 6) is 1.87. The van der Waals surface area contributed by atoms with Crippen molar-refractivity contribution < 1.29 is 9.47 Å². The summed E-state index contributed by atoms with van der Waals surface area (Å²) in [5, 5.41) is 0. The van der Waals surface area contributed by atoms with Gasteiger partial charge in [0.05, 0.1) is 13.2 Å². The fourth-order valence-electron chi connectivity index (χ4n) is 5.21. The molecule has 44 heavy (non-hydrogen) atoms. The van der Waals surface area contributed by atoms with Crippen molar-refractivity contribution in [2.45, 2.75) is 168 Å². The minimum absolute atomic E-state index is 0.796. The Morgan fingerprint density at radius 2 is 0.750 bits per heavy atom. The normalized spacial score (nSPS) is 12.0. The molecule has 0 bridgehead atoms. The first-order valence-electron chi connectivity index (χ1n) is 18.8. The molecule has 0 radical (unpaired) electrons. The molecular weight excluding hydrogens is 536 g/mol. The van der Waals surface area contributed by atoms with Gasteiger partial charge in [0.15, 0.2) is 0 Å².